The molecule has 0 aromatic carbocycles. The van der Waals surface area contributed by atoms with Crippen LogP contribution in [-0.4, -0.2) is 129 Å². The number of hydrogen-bond acceptors (Lipinski definition) is 6. The second-order valence-electron chi connectivity index (χ2n) is 13.2. The first kappa shape index (κ1) is 37.4. The lowest BCUT2D eigenvalue weighted by molar-refractivity contribution is -0.882. The number of amides is 2. The Kier molecular flexibility index (Phi) is 16.6. The van der Waals surface area contributed by atoms with E-state index in [1.54, 1.807) is 6.92 Å². The highest BCUT2D eigenvalue weighted by atomic mass is 28.4. The van der Waals surface area contributed by atoms with Gasteiger partial charge in [-0.1, -0.05) is 6.58 Å². The van der Waals surface area contributed by atoms with Gasteiger partial charge in [0.25, 0.3) is 11.8 Å². The number of ether oxygens (including phenoxy) is 1. The number of likely N-dealkylation sites (N-methyl/N-ethyl adjacent to an activating group) is 2. The van der Waals surface area contributed by atoms with E-state index in [2.05, 4.69) is 43.4 Å². The predicted molar refractivity (Wildman–Crippen MR) is 162 cm³/mol. The third-order valence-electron chi connectivity index (χ3n) is 6.45. The molecule has 12 heteroatoms. The van der Waals surface area contributed by atoms with Crippen molar-refractivity contribution in [1.82, 2.24) is 10.6 Å². The van der Waals surface area contributed by atoms with E-state index in [1.807, 2.05) is 28.2 Å². The summed E-state index contributed by atoms with van der Waals surface area (Å²) in [6.45, 7) is 17.9. The van der Waals surface area contributed by atoms with Gasteiger partial charge in [-0.2, -0.15) is 0 Å². The molecule has 0 fully saturated rings. The van der Waals surface area contributed by atoms with E-state index in [0.717, 1.165) is 31.5 Å². The third-order valence-corrected chi connectivity index (χ3v) is 14.0. The van der Waals surface area contributed by atoms with Gasteiger partial charge in [-0.25, -0.2) is 4.79 Å². The lowest BCUT2D eigenvalue weighted by atomic mass is 10.3. The molecule has 0 radical (unpaired) electrons. The highest BCUT2D eigenvalue weighted by molar-refractivity contribution is 6.84. The van der Waals surface area contributed by atoms with Crippen LogP contribution < -0.4 is 10.6 Å². The summed E-state index contributed by atoms with van der Waals surface area (Å²) in [5, 5.41) is 15.1. The van der Waals surface area contributed by atoms with Crippen LogP contribution in [0.4, 0.5) is 0 Å². The summed E-state index contributed by atoms with van der Waals surface area (Å²) in [6.07, 6.45) is 2.47. The van der Waals surface area contributed by atoms with E-state index in [9.17, 15) is 14.4 Å². The Morgan fingerprint density at radius 3 is 1.64 bits per heavy atom. The van der Waals surface area contributed by atoms with Crippen LogP contribution in [0.2, 0.25) is 38.3 Å². The molecule has 0 unspecified atom stereocenters. The monoisotopic (exact) mass is 590 g/mol. The summed E-state index contributed by atoms with van der Waals surface area (Å²) >= 11 is 0. The zero-order valence-electron chi connectivity index (χ0n) is 26.3. The number of aliphatic hydroxyl groups excluding tert-OH is 1. The van der Waals surface area contributed by atoms with E-state index >= 15 is 0 Å². The average molecular weight is 591 g/mol. The molecule has 10 nitrogen and oxygen atoms in total. The summed E-state index contributed by atoms with van der Waals surface area (Å²) in [7, 11) is 4.14. The van der Waals surface area contributed by atoms with Crippen LogP contribution in [0.15, 0.2) is 12.2 Å². The number of aliphatic hydroxyl groups is 1. The Morgan fingerprint density at radius 2 is 1.23 bits per heavy atom. The van der Waals surface area contributed by atoms with E-state index in [4.69, 9.17) is 14.0 Å². The molecule has 0 aromatic heterocycles. The summed E-state index contributed by atoms with van der Waals surface area (Å²) in [6, 6.07) is 1.95. The molecule has 3 N–H and O–H groups in total. The van der Waals surface area contributed by atoms with E-state index < -0.39 is 22.6 Å². The van der Waals surface area contributed by atoms with Gasteiger partial charge in [0.1, 0.15) is 13.2 Å². The fourth-order valence-electron chi connectivity index (χ4n) is 4.39. The largest absolute Gasteiger partial charge is 0.456 e. The Hall–Kier alpha value is -1.58. The standard InChI is InChI=1S/C27H56N4O6Si2/c1-24(2)27(35)36-19-17-31(5,6)23-26(34)29-15-12-21-39(9,10)37-38(7,8)20-11-14-28-25(33)22-30(3,4)16-13-18-32/h32H,1,11-23H2,2-10H3/p+2. The lowest BCUT2D eigenvalue weighted by Gasteiger charge is -2.34. The van der Waals surface area contributed by atoms with Crippen molar-refractivity contribution in [2.75, 3.05) is 80.7 Å². The molecule has 0 aliphatic carbocycles. The van der Waals surface area contributed by atoms with Gasteiger partial charge in [0.15, 0.2) is 29.7 Å². The summed E-state index contributed by atoms with van der Waals surface area (Å²) in [4.78, 5) is 36.2. The summed E-state index contributed by atoms with van der Waals surface area (Å²) in [5.41, 5.74) is 0.369. The molecule has 0 aromatic rings. The van der Waals surface area contributed by atoms with Crippen LogP contribution in [-0.2, 0) is 23.2 Å². The van der Waals surface area contributed by atoms with Crippen molar-refractivity contribution in [3.63, 3.8) is 0 Å². The average Bonchev–Trinajstić information content (AvgIpc) is 2.76. The maximum Gasteiger partial charge on any atom is 0.333 e. The van der Waals surface area contributed by atoms with Gasteiger partial charge in [0.2, 0.25) is 0 Å². The molecule has 0 rings (SSSR count). The SMILES string of the molecule is C=C(C)C(=O)OCC[N+](C)(C)CC(=O)NCCC[Si](C)(C)O[Si](C)(C)CCCNC(=O)C[N+](C)(C)CCCO. The number of quaternary nitrogens is 2. The molecule has 0 saturated heterocycles. The van der Waals surface area contributed by atoms with Crippen LogP contribution in [0.3, 0.4) is 0 Å². The Balaban J connectivity index is 4.28. The van der Waals surface area contributed by atoms with Crippen molar-refractivity contribution >= 4 is 34.4 Å². The van der Waals surface area contributed by atoms with Gasteiger partial charge in [-0.3, -0.25) is 9.59 Å². The number of carbonyl (C=O) groups is 3. The number of nitrogens with zero attached hydrogens (tertiary/aromatic N) is 2. The van der Waals surface area contributed by atoms with Crippen LogP contribution >= 0.6 is 0 Å². The zero-order valence-corrected chi connectivity index (χ0v) is 28.3. The minimum Gasteiger partial charge on any atom is -0.456 e. The second-order valence-corrected chi connectivity index (χ2v) is 22.0. The number of nitrogens with one attached hydrogen (secondary N) is 2. The normalized spacial score (nSPS) is 12.7. The first-order valence-electron chi connectivity index (χ1n) is 14.1. The van der Waals surface area contributed by atoms with Gasteiger partial charge < -0.3 is 33.6 Å². The van der Waals surface area contributed by atoms with Crippen molar-refractivity contribution in [2.45, 2.75) is 64.5 Å². The number of hydrogen-bond donors (Lipinski definition) is 3. The summed E-state index contributed by atoms with van der Waals surface area (Å²) < 4.78 is 12.8. The Morgan fingerprint density at radius 1 is 0.795 bits per heavy atom. The van der Waals surface area contributed by atoms with Crippen molar-refractivity contribution in [3.05, 3.63) is 12.2 Å². The van der Waals surface area contributed by atoms with E-state index in [1.165, 1.54) is 0 Å². The lowest BCUT2D eigenvalue weighted by Crippen LogP contribution is -2.49. The van der Waals surface area contributed by atoms with Gasteiger partial charge in [0.05, 0.1) is 34.7 Å². The van der Waals surface area contributed by atoms with E-state index in [-0.39, 0.29) is 25.0 Å². The molecule has 0 atom stereocenters. The van der Waals surface area contributed by atoms with Crippen molar-refractivity contribution in [1.29, 1.82) is 0 Å². The van der Waals surface area contributed by atoms with Crippen LogP contribution in [0.5, 0.6) is 0 Å². The van der Waals surface area contributed by atoms with Crippen molar-refractivity contribution in [2.24, 2.45) is 0 Å². The van der Waals surface area contributed by atoms with Crippen molar-refractivity contribution in [3.8, 4) is 0 Å². The number of carbonyl (C=O) groups excluding carboxylic acids is 3. The van der Waals surface area contributed by atoms with Gasteiger partial charge in [-0.15, -0.1) is 0 Å². The van der Waals surface area contributed by atoms with Crippen LogP contribution in [0, 0.1) is 0 Å². The molecule has 0 spiro atoms. The molecule has 0 aliphatic heterocycles. The molecule has 39 heavy (non-hydrogen) atoms. The summed E-state index contributed by atoms with van der Waals surface area (Å²) in [5.74, 6) is -0.376. The minimum absolute atomic E-state index is 0.0149. The molecular weight excluding hydrogens is 532 g/mol. The second kappa shape index (κ2) is 17.3. The molecule has 2 amide bonds. The Labute approximate surface area is 239 Å². The smallest absolute Gasteiger partial charge is 0.333 e. The van der Waals surface area contributed by atoms with Gasteiger partial charge >= 0.3 is 5.97 Å². The molecule has 0 saturated carbocycles. The molecular formula is C27H58N4O6Si2+2. The maximum absolute atomic E-state index is 12.4. The van der Waals surface area contributed by atoms with Gasteiger partial charge in [0, 0.05) is 31.7 Å². The first-order chi connectivity index (χ1) is 17.8. The minimum atomic E-state index is -1.88. The third kappa shape index (κ3) is 20.0. The number of rotatable bonds is 21. The van der Waals surface area contributed by atoms with Gasteiger partial charge in [-0.05, 0) is 58.0 Å². The molecule has 0 bridgehead atoms. The fraction of sp³-hybridized carbons (Fsp3) is 0.815. The Bertz CT molecular complexity index is 803. The highest BCUT2D eigenvalue weighted by Crippen LogP contribution is 2.23. The van der Waals surface area contributed by atoms with E-state index in [0.29, 0.717) is 53.7 Å². The molecule has 0 heterocycles. The predicted octanol–water partition coefficient (Wildman–Crippen LogP) is 2.08. The molecule has 0 aliphatic rings. The quantitative estimate of drug-likeness (QED) is 0.0620. The van der Waals surface area contributed by atoms with Crippen molar-refractivity contribution < 1.29 is 37.3 Å². The first-order valence-corrected chi connectivity index (χ1v) is 20.3. The van der Waals surface area contributed by atoms with Crippen LogP contribution in [0.25, 0.3) is 0 Å². The fourth-order valence-corrected chi connectivity index (χ4v) is 13.2. The maximum atomic E-state index is 12.4. The highest BCUT2D eigenvalue weighted by Gasteiger charge is 2.32. The zero-order chi connectivity index (χ0) is 30.3. The topological polar surface area (TPSA) is 114 Å². The number of esters is 1. The van der Waals surface area contributed by atoms with Crippen LogP contribution in [0.1, 0.15) is 26.2 Å². The molecule has 228 valence electrons.